The zero-order chi connectivity index (χ0) is 13.1. The van der Waals surface area contributed by atoms with Crippen LogP contribution in [0.1, 0.15) is 36.8 Å². The van der Waals surface area contributed by atoms with E-state index in [1.807, 2.05) is 31.2 Å². The van der Waals surface area contributed by atoms with Gasteiger partial charge in [-0.15, -0.1) is 0 Å². The molecule has 0 bridgehead atoms. The zero-order valence-electron chi connectivity index (χ0n) is 10.6. The molecule has 1 unspecified atom stereocenters. The summed E-state index contributed by atoms with van der Waals surface area (Å²) in [6.07, 6.45) is 1.83. The van der Waals surface area contributed by atoms with Gasteiger partial charge in [-0.05, 0) is 24.5 Å². The lowest BCUT2D eigenvalue weighted by molar-refractivity contribution is 0.208. The molecule has 0 saturated carbocycles. The first-order chi connectivity index (χ1) is 8.67. The van der Waals surface area contributed by atoms with Gasteiger partial charge in [-0.1, -0.05) is 42.8 Å². The Morgan fingerprint density at radius 1 is 1.28 bits per heavy atom. The van der Waals surface area contributed by atoms with Crippen LogP contribution in [-0.4, -0.2) is 14.9 Å². The predicted molar refractivity (Wildman–Crippen MR) is 72.8 cm³/mol. The molecule has 1 heterocycles. The van der Waals surface area contributed by atoms with E-state index < -0.39 is 6.10 Å². The van der Waals surface area contributed by atoms with Crippen molar-refractivity contribution in [3.05, 3.63) is 52.3 Å². The Kier molecular flexibility index (Phi) is 4.04. The van der Waals surface area contributed by atoms with Crippen molar-refractivity contribution in [3.8, 4) is 0 Å². The van der Waals surface area contributed by atoms with Crippen LogP contribution in [0.4, 0.5) is 0 Å². The van der Waals surface area contributed by atoms with Crippen molar-refractivity contribution in [2.24, 2.45) is 0 Å². The van der Waals surface area contributed by atoms with Crippen molar-refractivity contribution < 1.29 is 5.11 Å². The fourth-order valence-corrected chi connectivity index (χ4v) is 2.23. The molecule has 0 aliphatic heterocycles. The van der Waals surface area contributed by atoms with Crippen LogP contribution in [0.2, 0.25) is 5.02 Å². The Hall–Kier alpha value is -1.32. The van der Waals surface area contributed by atoms with Gasteiger partial charge in [0.2, 0.25) is 0 Å². The lowest BCUT2D eigenvalue weighted by Crippen LogP contribution is -2.09. The number of halogens is 1. The summed E-state index contributed by atoms with van der Waals surface area (Å²) in [6, 6.07) is 7.93. The zero-order valence-corrected chi connectivity index (χ0v) is 11.4. The molecule has 0 saturated heterocycles. The maximum atomic E-state index is 10.4. The van der Waals surface area contributed by atoms with Gasteiger partial charge < -0.3 is 5.11 Å². The molecule has 3 nitrogen and oxygen atoms in total. The Balaban J connectivity index is 2.34. The van der Waals surface area contributed by atoms with Crippen LogP contribution in [0.5, 0.6) is 0 Å². The van der Waals surface area contributed by atoms with Crippen LogP contribution in [0.15, 0.2) is 30.5 Å². The Morgan fingerprint density at radius 2 is 1.94 bits per heavy atom. The summed E-state index contributed by atoms with van der Waals surface area (Å²) in [6.45, 7) is 4.76. The van der Waals surface area contributed by atoms with Gasteiger partial charge in [0.25, 0.3) is 0 Å². The Bertz CT molecular complexity index is 519. The number of rotatable bonds is 4. The Labute approximate surface area is 112 Å². The molecule has 1 atom stereocenters. The van der Waals surface area contributed by atoms with Crippen molar-refractivity contribution in [2.75, 3.05) is 0 Å². The van der Waals surface area contributed by atoms with Crippen molar-refractivity contribution in [2.45, 2.75) is 32.9 Å². The largest absolute Gasteiger partial charge is 0.382 e. The second-order valence-electron chi connectivity index (χ2n) is 4.19. The fourth-order valence-electron chi connectivity index (χ4n) is 1.99. The molecule has 1 aromatic carbocycles. The van der Waals surface area contributed by atoms with E-state index in [1.54, 1.807) is 10.9 Å². The van der Waals surface area contributed by atoms with E-state index in [-0.39, 0.29) is 0 Å². The number of nitrogens with zero attached hydrogens (tertiary/aromatic N) is 2. The van der Waals surface area contributed by atoms with Gasteiger partial charge >= 0.3 is 0 Å². The first-order valence-corrected chi connectivity index (χ1v) is 6.53. The lowest BCUT2D eigenvalue weighted by atomic mass is 10.0. The second-order valence-corrected chi connectivity index (χ2v) is 4.60. The van der Waals surface area contributed by atoms with E-state index in [0.717, 1.165) is 12.0 Å². The molecular formula is C14H17ClN2O. The number of aliphatic hydroxyl groups excluding tert-OH is 1. The number of benzene rings is 1. The molecule has 4 heteroatoms. The molecule has 0 spiro atoms. The van der Waals surface area contributed by atoms with Gasteiger partial charge in [0.1, 0.15) is 6.10 Å². The molecule has 0 aliphatic carbocycles. The molecule has 2 aromatic rings. The van der Waals surface area contributed by atoms with Crippen LogP contribution in [0.3, 0.4) is 0 Å². The minimum atomic E-state index is -0.731. The summed E-state index contributed by atoms with van der Waals surface area (Å²) in [5.41, 5.74) is 2.74. The van der Waals surface area contributed by atoms with E-state index >= 15 is 0 Å². The number of hydrogen-bond donors (Lipinski definition) is 1. The molecular weight excluding hydrogens is 248 g/mol. The quantitative estimate of drug-likeness (QED) is 0.921. The summed E-state index contributed by atoms with van der Waals surface area (Å²) >= 11 is 6.08. The standard InChI is InChI=1S/C14H17ClN2O/c1-3-10-5-7-11(8-6-10)14(18)13-12(15)9-16-17(13)4-2/h5-9,14,18H,3-4H2,1-2H3. The average molecular weight is 265 g/mol. The topological polar surface area (TPSA) is 38.1 Å². The van der Waals surface area contributed by atoms with Crippen LogP contribution in [-0.2, 0) is 13.0 Å². The number of aliphatic hydroxyl groups is 1. The lowest BCUT2D eigenvalue weighted by Gasteiger charge is -2.14. The first kappa shape index (κ1) is 13.1. The summed E-state index contributed by atoms with van der Waals surface area (Å²) in [4.78, 5) is 0. The third kappa shape index (κ3) is 2.42. The van der Waals surface area contributed by atoms with E-state index in [0.29, 0.717) is 17.3 Å². The third-order valence-corrected chi connectivity index (χ3v) is 3.39. The van der Waals surface area contributed by atoms with Gasteiger partial charge in [0.15, 0.2) is 0 Å². The van der Waals surface area contributed by atoms with E-state index in [4.69, 9.17) is 11.6 Å². The number of hydrogen-bond acceptors (Lipinski definition) is 2. The smallest absolute Gasteiger partial charge is 0.122 e. The average Bonchev–Trinajstić information content (AvgIpc) is 2.79. The highest BCUT2D eigenvalue weighted by Gasteiger charge is 2.19. The van der Waals surface area contributed by atoms with Crippen LogP contribution in [0.25, 0.3) is 0 Å². The van der Waals surface area contributed by atoms with Gasteiger partial charge in [0, 0.05) is 6.54 Å². The highest BCUT2D eigenvalue weighted by molar-refractivity contribution is 6.31. The molecule has 0 radical (unpaired) electrons. The molecule has 0 amide bonds. The molecule has 0 fully saturated rings. The van der Waals surface area contributed by atoms with Crippen LogP contribution < -0.4 is 0 Å². The van der Waals surface area contributed by atoms with Gasteiger partial charge in [-0.25, -0.2) is 0 Å². The summed E-state index contributed by atoms with van der Waals surface area (Å²) in [5, 5.41) is 15.0. The number of aryl methyl sites for hydroxylation is 2. The summed E-state index contributed by atoms with van der Waals surface area (Å²) in [5.74, 6) is 0. The molecule has 96 valence electrons. The molecule has 0 aliphatic rings. The van der Waals surface area contributed by atoms with Crippen LogP contribution >= 0.6 is 11.6 Å². The SMILES string of the molecule is CCc1ccc(C(O)c2c(Cl)cnn2CC)cc1. The maximum Gasteiger partial charge on any atom is 0.122 e. The first-order valence-electron chi connectivity index (χ1n) is 6.15. The van der Waals surface area contributed by atoms with Crippen molar-refractivity contribution in [1.29, 1.82) is 0 Å². The molecule has 1 N–H and O–H groups in total. The predicted octanol–water partition coefficient (Wildman–Crippen LogP) is 3.20. The van der Waals surface area contributed by atoms with E-state index in [1.165, 1.54) is 5.56 Å². The van der Waals surface area contributed by atoms with E-state index in [2.05, 4.69) is 12.0 Å². The minimum Gasteiger partial charge on any atom is -0.382 e. The van der Waals surface area contributed by atoms with Gasteiger partial charge in [0.05, 0.1) is 16.9 Å². The Morgan fingerprint density at radius 3 is 2.50 bits per heavy atom. The second kappa shape index (κ2) is 5.55. The van der Waals surface area contributed by atoms with Gasteiger partial charge in [-0.3, -0.25) is 4.68 Å². The van der Waals surface area contributed by atoms with E-state index in [9.17, 15) is 5.11 Å². The highest BCUT2D eigenvalue weighted by atomic mass is 35.5. The normalized spacial score (nSPS) is 12.7. The minimum absolute atomic E-state index is 0.504. The van der Waals surface area contributed by atoms with Crippen molar-refractivity contribution >= 4 is 11.6 Å². The van der Waals surface area contributed by atoms with Crippen molar-refractivity contribution in [1.82, 2.24) is 9.78 Å². The summed E-state index contributed by atoms with van der Waals surface area (Å²) < 4.78 is 1.72. The number of aromatic nitrogens is 2. The molecule has 1 aromatic heterocycles. The highest BCUT2D eigenvalue weighted by Crippen LogP contribution is 2.28. The summed E-state index contributed by atoms with van der Waals surface area (Å²) in [7, 11) is 0. The monoisotopic (exact) mass is 264 g/mol. The van der Waals surface area contributed by atoms with Gasteiger partial charge in [-0.2, -0.15) is 5.10 Å². The van der Waals surface area contributed by atoms with Crippen molar-refractivity contribution in [3.63, 3.8) is 0 Å². The molecule has 18 heavy (non-hydrogen) atoms. The fraction of sp³-hybridized carbons (Fsp3) is 0.357. The third-order valence-electron chi connectivity index (χ3n) is 3.10. The van der Waals surface area contributed by atoms with Crippen LogP contribution in [0, 0.1) is 0 Å². The maximum absolute atomic E-state index is 10.4. The molecule has 2 rings (SSSR count).